The Morgan fingerprint density at radius 1 is 1.41 bits per heavy atom. The molecule has 90 valence electrons. The van der Waals surface area contributed by atoms with Gasteiger partial charge in [0.15, 0.2) is 0 Å². The molecule has 1 aliphatic rings. The Balaban J connectivity index is 2.11. The third-order valence-corrected chi connectivity index (χ3v) is 3.23. The van der Waals surface area contributed by atoms with E-state index in [2.05, 4.69) is 18.3 Å². The lowest BCUT2D eigenvalue weighted by molar-refractivity contribution is 0.140. The molecule has 17 heavy (non-hydrogen) atoms. The van der Waals surface area contributed by atoms with Crippen LogP contribution in [0.15, 0.2) is 24.3 Å². The molecule has 2 atom stereocenters. The summed E-state index contributed by atoms with van der Waals surface area (Å²) in [6, 6.07) is 9.63. The van der Waals surface area contributed by atoms with E-state index in [4.69, 9.17) is 10.00 Å². The quantitative estimate of drug-likeness (QED) is 0.848. The fourth-order valence-electron chi connectivity index (χ4n) is 2.17. The fourth-order valence-corrected chi connectivity index (χ4v) is 2.17. The molecule has 1 heterocycles. The molecule has 0 spiro atoms. The van der Waals surface area contributed by atoms with Crippen molar-refractivity contribution in [2.75, 3.05) is 13.1 Å². The molecule has 1 saturated heterocycles. The summed E-state index contributed by atoms with van der Waals surface area (Å²) in [5.74, 6) is 1.19. The number of hydrogen-bond acceptors (Lipinski definition) is 3. The summed E-state index contributed by atoms with van der Waals surface area (Å²) in [6.45, 7) is 4.24. The van der Waals surface area contributed by atoms with Crippen LogP contribution >= 0.6 is 0 Å². The number of para-hydroxylation sites is 1. The smallest absolute Gasteiger partial charge is 0.137 e. The van der Waals surface area contributed by atoms with Gasteiger partial charge in [-0.15, -0.1) is 0 Å². The van der Waals surface area contributed by atoms with Crippen molar-refractivity contribution >= 4 is 0 Å². The SMILES string of the molecule is CC1CNCCCC1Oc1ccccc1C#N. The number of benzene rings is 1. The number of nitrogens with one attached hydrogen (secondary N) is 1. The van der Waals surface area contributed by atoms with E-state index in [1.165, 1.54) is 0 Å². The number of ether oxygens (including phenoxy) is 1. The van der Waals surface area contributed by atoms with E-state index in [0.717, 1.165) is 25.9 Å². The van der Waals surface area contributed by atoms with E-state index in [1.54, 1.807) is 6.07 Å². The van der Waals surface area contributed by atoms with Crippen LogP contribution in [0.1, 0.15) is 25.3 Å². The topological polar surface area (TPSA) is 45.0 Å². The second-order valence-electron chi connectivity index (χ2n) is 4.59. The summed E-state index contributed by atoms with van der Waals surface area (Å²) in [5, 5.41) is 12.4. The Morgan fingerprint density at radius 2 is 2.24 bits per heavy atom. The molecule has 1 N–H and O–H groups in total. The van der Waals surface area contributed by atoms with Crippen LogP contribution in [0.5, 0.6) is 5.75 Å². The highest BCUT2D eigenvalue weighted by molar-refractivity contribution is 5.42. The summed E-state index contributed by atoms with van der Waals surface area (Å²) in [4.78, 5) is 0. The van der Waals surface area contributed by atoms with Gasteiger partial charge in [-0.3, -0.25) is 0 Å². The Morgan fingerprint density at radius 3 is 3.06 bits per heavy atom. The Hall–Kier alpha value is -1.53. The van der Waals surface area contributed by atoms with Crippen LogP contribution < -0.4 is 10.1 Å². The maximum atomic E-state index is 9.03. The van der Waals surface area contributed by atoms with Crippen molar-refractivity contribution in [2.45, 2.75) is 25.9 Å². The van der Waals surface area contributed by atoms with Crippen molar-refractivity contribution < 1.29 is 4.74 Å². The Kier molecular flexibility index (Phi) is 4.00. The third kappa shape index (κ3) is 2.98. The van der Waals surface area contributed by atoms with E-state index >= 15 is 0 Å². The van der Waals surface area contributed by atoms with Gasteiger partial charge in [-0.25, -0.2) is 0 Å². The summed E-state index contributed by atoms with van der Waals surface area (Å²) in [5.41, 5.74) is 0.622. The third-order valence-electron chi connectivity index (χ3n) is 3.23. The number of nitriles is 1. The van der Waals surface area contributed by atoms with Crippen LogP contribution in [-0.2, 0) is 0 Å². The molecular formula is C14H18N2O. The standard InChI is InChI=1S/C14H18N2O/c1-11-10-16-8-4-7-13(11)17-14-6-3-2-5-12(14)9-15/h2-3,5-6,11,13,16H,4,7-8,10H2,1H3. The van der Waals surface area contributed by atoms with Gasteiger partial charge < -0.3 is 10.1 Å². The van der Waals surface area contributed by atoms with E-state index in [1.807, 2.05) is 18.2 Å². The number of rotatable bonds is 2. The van der Waals surface area contributed by atoms with Crippen molar-refractivity contribution in [1.82, 2.24) is 5.32 Å². The molecule has 1 aromatic carbocycles. The second kappa shape index (κ2) is 5.70. The van der Waals surface area contributed by atoms with Gasteiger partial charge in [-0.2, -0.15) is 5.26 Å². The largest absolute Gasteiger partial charge is 0.489 e. The first kappa shape index (κ1) is 11.9. The fraction of sp³-hybridized carbons (Fsp3) is 0.500. The van der Waals surface area contributed by atoms with Crippen molar-refractivity contribution in [2.24, 2.45) is 5.92 Å². The molecule has 0 bridgehead atoms. The zero-order valence-corrected chi connectivity index (χ0v) is 10.1. The lowest BCUT2D eigenvalue weighted by atomic mass is 10.0. The van der Waals surface area contributed by atoms with Crippen molar-refractivity contribution in [1.29, 1.82) is 5.26 Å². The van der Waals surface area contributed by atoms with Gasteiger partial charge in [0.25, 0.3) is 0 Å². The Bertz CT molecular complexity index is 411. The minimum Gasteiger partial charge on any atom is -0.489 e. The van der Waals surface area contributed by atoms with Crippen molar-refractivity contribution in [3.05, 3.63) is 29.8 Å². The lowest BCUT2D eigenvalue weighted by Gasteiger charge is -2.23. The van der Waals surface area contributed by atoms with Crippen molar-refractivity contribution in [3.8, 4) is 11.8 Å². The predicted molar refractivity (Wildman–Crippen MR) is 66.8 cm³/mol. The van der Waals surface area contributed by atoms with Crippen LogP contribution in [0, 0.1) is 17.2 Å². The molecule has 0 aliphatic carbocycles. The zero-order chi connectivity index (χ0) is 12.1. The molecule has 2 unspecified atom stereocenters. The monoisotopic (exact) mass is 230 g/mol. The molecular weight excluding hydrogens is 212 g/mol. The molecule has 0 amide bonds. The molecule has 3 nitrogen and oxygen atoms in total. The minimum atomic E-state index is 0.208. The summed E-state index contributed by atoms with van der Waals surface area (Å²) < 4.78 is 6.01. The van der Waals surface area contributed by atoms with Gasteiger partial charge >= 0.3 is 0 Å². The maximum absolute atomic E-state index is 9.03. The van der Waals surface area contributed by atoms with Crippen LogP contribution in [0.3, 0.4) is 0 Å². The van der Waals surface area contributed by atoms with Crippen LogP contribution in [0.25, 0.3) is 0 Å². The predicted octanol–water partition coefficient (Wildman–Crippen LogP) is 2.33. The van der Waals surface area contributed by atoms with E-state index in [-0.39, 0.29) is 6.10 Å². The van der Waals surface area contributed by atoms with Crippen LogP contribution in [0.2, 0.25) is 0 Å². The Labute approximate surface area is 102 Å². The summed E-state index contributed by atoms with van der Waals surface area (Å²) in [7, 11) is 0. The van der Waals surface area contributed by atoms with Gasteiger partial charge in [0.1, 0.15) is 17.9 Å². The molecule has 0 aromatic heterocycles. The molecule has 1 fully saturated rings. The van der Waals surface area contributed by atoms with Gasteiger partial charge in [-0.1, -0.05) is 19.1 Å². The van der Waals surface area contributed by atoms with Gasteiger partial charge in [0, 0.05) is 12.5 Å². The summed E-state index contributed by atoms with van der Waals surface area (Å²) >= 11 is 0. The number of nitrogens with zero attached hydrogens (tertiary/aromatic N) is 1. The molecule has 2 rings (SSSR count). The molecule has 0 saturated carbocycles. The normalized spacial score (nSPS) is 24.7. The maximum Gasteiger partial charge on any atom is 0.137 e. The van der Waals surface area contributed by atoms with E-state index in [0.29, 0.717) is 17.2 Å². The summed E-state index contributed by atoms with van der Waals surface area (Å²) in [6.07, 6.45) is 2.39. The first-order valence-corrected chi connectivity index (χ1v) is 6.18. The van der Waals surface area contributed by atoms with Gasteiger partial charge in [0.2, 0.25) is 0 Å². The first-order valence-electron chi connectivity index (χ1n) is 6.18. The van der Waals surface area contributed by atoms with Crippen molar-refractivity contribution in [3.63, 3.8) is 0 Å². The highest BCUT2D eigenvalue weighted by Gasteiger charge is 2.22. The molecule has 3 heteroatoms. The molecule has 1 aliphatic heterocycles. The van der Waals surface area contributed by atoms with Crippen LogP contribution in [-0.4, -0.2) is 19.2 Å². The average molecular weight is 230 g/mol. The lowest BCUT2D eigenvalue weighted by Crippen LogP contribution is -2.29. The zero-order valence-electron chi connectivity index (χ0n) is 10.1. The number of hydrogen-bond donors (Lipinski definition) is 1. The average Bonchev–Trinajstić information content (AvgIpc) is 2.56. The highest BCUT2D eigenvalue weighted by atomic mass is 16.5. The molecule has 0 radical (unpaired) electrons. The second-order valence-corrected chi connectivity index (χ2v) is 4.59. The van der Waals surface area contributed by atoms with E-state index < -0.39 is 0 Å². The van der Waals surface area contributed by atoms with Crippen LogP contribution in [0.4, 0.5) is 0 Å². The van der Waals surface area contributed by atoms with Gasteiger partial charge in [0.05, 0.1) is 5.56 Å². The highest BCUT2D eigenvalue weighted by Crippen LogP contribution is 2.23. The minimum absolute atomic E-state index is 0.208. The van der Waals surface area contributed by atoms with Gasteiger partial charge in [-0.05, 0) is 31.5 Å². The first-order chi connectivity index (χ1) is 8.31. The van der Waals surface area contributed by atoms with E-state index in [9.17, 15) is 0 Å². The molecule has 1 aromatic rings.